The Morgan fingerprint density at radius 2 is 1.78 bits per heavy atom. The molecule has 41 heavy (non-hydrogen) atoms. The van der Waals surface area contributed by atoms with Gasteiger partial charge in [0.2, 0.25) is 0 Å². The monoisotopic (exact) mass is 559 g/mol. The highest BCUT2D eigenvalue weighted by molar-refractivity contribution is 8.07. The lowest BCUT2D eigenvalue weighted by Crippen LogP contribution is -2.27. The van der Waals surface area contributed by atoms with Crippen molar-refractivity contribution in [3.63, 3.8) is 0 Å². The Labute approximate surface area is 248 Å². The van der Waals surface area contributed by atoms with Crippen LogP contribution in [0.1, 0.15) is 71.6 Å². The number of rotatable bonds is 4. The zero-order valence-electron chi connectivity index (χ0n) is 25.2. The van der Waals surface area contributed by atoms with Gasteiger partial charge in [0.25, 0.3) is 0 Å². The molecule has 1 aromatic rings. The van der Waals surface area contributed by atoms with Crippen molar-refractivity contribution in [2.75, 3.05) is 0 Å². The molecule has 2 aliphatic carbocycles. The molecule has 0 aromatic heterocycles. The summed E-state index contributed by atoms with van der Waals surface area (Å²) in [6.45, 7) is 17.0. The van der Waals surface area contributed by atoms with Crippen molar-refractivity contribution in [2.24, 2.45) is 16.6 Å². The number of nitriles is 2. The van der Waals surface area contributed by atoms with Crippen LogP contribution in [0.25, 0.3) is 5.57 Å². The Kier molecular flexibility index (Phi) is 8.08. The topological polar surface area (TPSA) is 90.7 Å². The van der Waals surface area contributed by atoms with E-state index >= 15 is 0 Å². The predicted molar refractivity (Wildman–Crippen MR) is 170 cm³/mol. The van der Waals surface area contributed by atoms with E-state index in [0.717, 1.165) is 38.3 Å². The minimum absolute atomic E-state index is 0.0686. The van der Waals surface area contributed by atoms with Crippen molar-refractivity contribution in [1.29, 1.82) is 10.5 Å². The predicted octanol–water partition coefficient (Wildman–Crippen LogP) is 8.68. The van der Waals surface area contributed by atoms with E-state index in [0.29, 0.717) is 34.4 Å². The molecule has 0 saturated carbocycles. The van der Waals surface area contributed by atoms with Gasteiger partial charge in [0.05, 0.1) is 23.4 Å². The van der Waals surface area contributed by atoms with Crippen LogP contribution < -0.4 is 5.73 Å². The van der Waals surface area contributed by atoms with Crippen LogP contribution in [0.3, 0.4) is 0 Å². The summed E-state index contributed by atoms with van der Waals surface area (Å²) in [5, 5.41) is 19.1. The number of carbonyl (C=O) groups excluding carboxylic acids is 1. The number of fused-ring (bicyclic) bond motifs is 1. The van der Waals surface area contributed by atoms with E-state index in [1.807, 2.05) is 43.4 Å². The molecule has 1 aliphatic heterocycles. The highest BCUT2D eigenvalue weighted by Gasteiger charge is 2.33. The number of hydrogen-bond acceptors (Lipinski definition) is 5. The second-order valence-corrected chi connectivity index (χ2v) is 13.9. The number of nitrogens with two attached hydrogens (primary N) is 1. The van der Waals surface area contributed by atoms with E-state index in [1.54, 1.807) is 17.8 Å². The number of carbonyl (C=O) groups is 1. The van der Waals surface area contributed by atoms with Gasteiger partial charge in [-0.3, -0.25) is 4.79 Å². The molecule has 3 aliphatic rings. The largest absolute Gasteiger partial charge is 0.398 e. The highest BCUT2D eigenvalue weighted by Crippen LogP contribution is 2.49. The van der Waals surface area contributed by atoms with E-state index in [4.69, 9.17) is 5.73 Å². The number of Topliss-reactive ketones (excluding diaryl/α,β-unsaturated/α-hetero) is 1. The van der Waals surface area contributed by atoms with Crippen molar-refractivity contribution in [2.45, 2.75) is 61.8 Å². The number of aryl methyl sites for hydroxylation is 1. The summed E-state index contributed by atoms with van der Waals surface area (Å²) in [5.74, 6) is -0.106. The van der Waals surface area contributed by atoms with E-state index in [1.165, 1.54) is 4.91 Å². The van der Waals surface area contributed by atoms with Gasteiger partial charge in [0.15, 0.2) is 5.78 Å². The maximum Gasteiger partial charge on any atom is 0.197 e. The minimum atomic E-state index is -0.106. The molecular weight excluding hydrogens is 522 g/mol. The normalized spacial score (nSPS) is 19.2. The molecular formula is C36H37N3OS. The molecule has 0 saturated heterocycles. The lowest BCUT2D eigenvalue weighted by atomic mass is 9.80. The first-order chi connectivity index (χ1) is 19.1. The summed E-state index contributed by atoms with van der Waals surface area (Å²) in [4.78, 5) is 15.9. The third kappa shape index (κ3) is 6.17. The van der Waals surface area contributed by atoms with Gasteiger partial charge in [-0.05, 0) is 99.9 Å². The lowest BCUT2D eigenvalue weighted by Gasteiger charge is -2.31. The van der Waals surface area contributed by atoms with Gasteiger partial charge in [-0.15, -0.1) is 0 Å². The summed E-state index contributed by atoms with van der Waals surface area (Å²) >= 11 is 1.73. The molecule has 0 fully saturated rings. The number of ketones is 1. The van der Waals surface area contributed by atoms with Gasteiger partial charge in [-0.25, -0.2) is 0 Å². The summed E-state index contributed by atoms with van der Waals surface area (Å²) in [5.41, 5.74) is 15.0. The number of thioether (sulfide) groups is 1. The molecule has 1 heterocycles. The number of hydrogen-bond donors (Lipinski definition) is 1. The van der Waals surface area contributed by atoms with E-state index in [9.17, 15) is 15.3 Å². The van der Waals surface area contributed by atoms with Crippen LogP contribution in [0.2, 0.25) is 0 Å². The molecule has 1 aromatic carbocycles. The smallest absolute Gasteiger partial charge is 0.197 e. The molecule has 0 amide bonds. The third-order valence-corrected chi connectivity index (χ3v) is 9.29. The number of nitrogens with zero attached hydrogens (tertiary/aromatic N) is 2. The molecule has 0 spiro atoms. The van der Waals surface area contributed by atoms with Crippen LogP contribution in [-0.2, 0) is 4.79 Å². The van der Waals surface area contributed by atoms with Gasteiger partial charge in [0, 0.05) is 28.0 Å². The molecule has 0 bridgehead atoms. The van der Waals surface area contributed by atoms with Crippen molar-refractivity contribution >= 4 is 23.1 Å². The Morgan fingerprint density at radius 1 is 1.07 bits per heavy atom. The summed E-state index contributed by atoms with van der Waals surface area (Å²) in [6.07, 6.45) is 12.4. The van der Waals surface area contributed by atoms with Crippen LogP contribution in [0, 0.1) is 40.4 Å². The van der Waals surface area contributed by atoms with Crippen molar-refractivity contribution in [3.05, 3.63) is 120 Å². The van der Waals surface area contributed by atoms with Crippen LogP contribution >= 0.6 is 11.8 Å². The van der Waals surface area contributed by atoms with Crippen LogP contribution in [-0.4, -0.2) is 5.78 Å². The number of allylic oxidation sites excluding steroid dienone is 14. The second-order valence-electron chi connectivity index (χ2n) is 12.8. The Bertz CT molecular complexity index is 1690. The highest BCUT2D eigenvalue weighted by atomic mass is 32.2. The van der Waals surface area contributed by atoms with Crippen LogP contribution in [0.4, 0.5) is 0 Å². The van der Waals surface area contributed by atoms with Gasteiger partial charge in [-0.1, -0.05) is 71.0 Å². The first-order valence-electron chi connectivity index (χ1n) is 13.8. The first-order valence-corrected chi connectivity index (χ1v) is 14.6. The van der Waals surface area contributed by atoms with E-state index in [-0.39, 0.29) is 16.6 Å². The molecule has 0 atom stereocenters. The van der Waals surface area contributed by atoms with Crippen molar-refractivity contribution < 1.29 is 4.79 Å². The summed E-state index contributed by atoms with van der Waals surface area (Å²) in [7, 11) is 0. The van der Waals surface area contributed by atoms with Gasteiger partial charge < -0.3 is 5.73 Å². The SMILES string of the molecule is C/C(=C\C(=C/C1=C(N)C(=C\C2=C3CC(C#N)=CC=C3SC(C(C)(C)C)=C2)/C1=O)c1cc(C#N)ccc1C)C(C)(C)C. The molecule has 208 valence electrons. The summed E-state index contributed by atoms with van der Waals surface area (Å²) in [6, 6.07) is 10.1. The second kappa shape index (κ2) is 11.1. The summed E-state index contributed by atoms with van der Waals surface area (Å²) < 4.78 is 0. The van der Waals surface area contributed by atoms with Gasteiger partial charge >= 0.3 is 0 Å². The molecule has 2 N–H and O–H groups in total. The quantitative estimate of drug-likeness (QED) is 0.294. The van der Waals surface area contributed by atoms with Crippen molar-refractivity contribution in [1.82, 2.24) is 0 Å². The maximum atomic E-state index is 13.6. The van der Waals surface area contributed by atoms with Crippen molar-refractivity contribution in [3.8, 4) is 12.1 Å². The zero-order chi connectivity index (χ0) is 30.3. The fraction of sp³-hybridized carbons (Fsp3) is 0.306. The average molecular weight is 560 g/mol. The maximum absolute atomic E-state index is 13.6. The lowest BCUT2D eigenvalue weighted by molar-refractivity contribution is -0.112. The first kappa shape index (κ1) is 29.9. The molecule has 0 unspecified atom stereocenters. The molecule has 4 rings (SSSR count). The average Bonchev–Trinajstić information content (AvgIpc) is 2.92. The fourth-order valence-corrected chi connectivity index (χ4v) is 5.80. The molecule has 0 radical (unpaired) electrons. The minimum Gasteiger partial charge on any atom is -0.398 e. The Morgan fingerprint density at radius 3 is 2.37 bits per heavy atom. The fourth-order valence-electron chi connectivity index (χ4n) is 4.62. The van der Waals surface area contributed by atoms with Gasteiger partial charge in [0.1, 0.15) is 0 Å². The van der Waals surface area contributed by atoms with E-state index in [2.05, 4.69) is 72.8 Å². The third-order valence-electron chi connectivity index (χ3n) is 7.74. The van der Waals surface area contributed by atoms with Crippen LogP contribution in [0.15, 0.2) is 104 Å². The van der Waals surface area contributed by atoms with Crippen LogP contribution in [0.5, 0.6) is 0 Å². The standard InChI is InChI=1S/C36H37N3OS/c1-21-9-10-23(19-37)14-27(21)25(13-22(2)35(3,4)5)16-29-33(39)30(34(29)40)17-26-18-32(36(6,7)8)41-31-12-11-24(20-38)15-28(26)31/h9-14,16-18H,15,39H2,1-8H3/b22-13+,25-16+,30-17+. The van der Waals surface area contributed by atoms with Gasteiger partial charge in [-0.2, -0.15) is 10.5 Å². The molecule has 5 heteroatoms. The Balaban J connectivity index is 1.86. The molecule has 4 nitrogen and oxygen atoms in total. The Hall–Kier alpha value is -4.06. The number of benzene rings is 1. The van der Waals surface area contributed by atoms with E-state index < -0.39 is 0 Å². The zero-order valence-corrected chi connectivity index (χ0v) is 26.0.